The van der Waals surface area contributed by atoms with Gasteiger partial charge in [-0.3, -0.25) is 9.59 Å². The van der Waals surface area contributed by atoms with Crippen molar-refractivity contribution in [2.45, 2.75) is 83.5 Å². The molecule has 34 heavy (non-hydrogen) atoms. The van der Waals surface area contributed by atoms with Crippen molar-refractivity contribution in [2.75, 3.05) is 0 Å². The van der Waals surface area contributed by atoms with E-state index in [2.05, 4.69) is 13.8 Å². The van der Waals surface area contributed by atoms with Gasteiger partial charge in [-0.15, -0.1) is 0 Å². The molecule has 0 aromatic heterocycles. The molecular weight excluding hydrogens is 432 g/mol. The highest BCUT2D eigenvalue weighted by Gasteiger charge is 2.80. The molecule has 6 nitrogen and oxygen atoms in total. The lowest BCUT2D eigenvalue weighted by Crippen LogP contribution is -2.66. The van der Waals surface area contributed by atoms with Gasteiger partial charge >= 0.3 is 17.9 Å². The number of carbonyl (C=O) groups excluding carboxylic acids is 3. The van der Waals surface area contributed by atoms with Crippen LogP contribution in [0.4, 0.5) is 0 Å². The molecule has 1 spiro atoms. The molecule has 4 aliphatic carbocycles. The molecule has 0 radical (unpaired) electrons. The van der Waals surface area contributed by atoms with E-state index in [9.17, 15) is 14.4 Å². The summed E-state index contributed by atoms with van der Waals surface area (Å²) in [6.45, 7) is 6.03. The Morgan fingerprint density at radius 2 is 1.74 bits per heavy atom. The zero-order valence-electron chi connectivity index (χ0n) is 20.3. The molecule has 0 amide bonds. The lowest BCUT2D eigenvalue weighted by molar-refractivity contribution is -0.251. The fourth-order valence-electron chi connectivity index (χ4n) is 9.05. The van der Waals surface area contributed by atoms with Crippen LogP contribution in [0.15, 0.2) is 30.3 Å². The van der Waals surface area contributed by atoms with E-state index in [1.807, 2.05) is 18.2 Å². The molecule has 1 aromatic carbocycles. The van der Waals surface area contributed by atoms with Gasteiger partial charge in [-0.2, -0.15) is 0 Å². The second-order valence-electron chi connectivity index (χ2n) is 11.9. The maximum atomic E-state index is 13.0. The van der Waals surface area contributed by atoms with Crippen LogP contribution in [0.5, 0.6) is 0 Å². The number of rotatable bonds is 3. The molecule has 9 unspecified atom stereocenters. The molecule has 182 valence electrons. The van der Waals surface area contributed by atoms with Gasteiger partial charge in [0.1, 0.15) is 23.7 Å². The van der Waals surface area contributed by atoms with Crippen LogP contribution >= 0.6 is 0 Å². The van der Waals surface area contributed by atoms with E-state index in [0.717, 1.165) is 38.5 Å². The van der Waals surface area contributed by atoms with Gasteiger partial charge in [0.25, 0.3) is 0 Å². The first-order valence-electron chi connectivity index (χ1n) is 12.9. The quantitative estimate of drug-likeness (QED) is 0.475. The summed E-state index contributed by atoms with van der Waals surface area (Å²) in [4.78, 5) is 37.5. The Kier molecular flexibility index (Phi) is 4.76. The normalized spacial score (nSPS) is 46.1. The molecule has 0 bridgehead atoms. The molecule has 1 aromatic rings. The van der Waals surface area contributed by atoms with Crippen LogP contribution in [0.25, 0.3) is 0 Å². The monoisotopic (exact) mass is 466 g/mol. The molecule has 1 saturated heterocycles. The number of hydrogen-bond acceptors (Lipinski definition) is 6. The van der Waals surface area contributed by atoms with E-state index >= 15 is 0 Å². The molecule has 6 rings (SSSR count). The van der Waals surface area contributed by atoms with Crippen molar-refractivity contribution in [1.29, 1.82) is 0 Å². The van der Waals surface area contributed by atoms with Gasteiger partial charge in [-0.25, -0.2) is 4.79 Å². The highest BCUT2D eigenvalue weighted by molar-refractivity contribution is 5.89. The molecular formula is C28H34O6. The Labute approximate surface area is 200 Å². The summed E-state index contributed by atoms with van der Waals surface area (Å²) in [7, 11) is 0. The topological polar surface area (TPSA) is 78.9 Å². The third kappa shape index (κ3) is 2.77. The first-order chi connectivity index (χ1) is 16.2. The van der Waals surface area contributed by atoms with Crippen LogP contribution in [-0.4, -0.2) is 35.7 Å². The smallest absolute Gasteiger partial charge is 0.338 e. The van der Waals surface area contributed by atoms with Gasteiger partial charge in [0.2, 0.25) is 0 Å². The van der Waals surface area contributed by atoms with Crippen molar-refractivity contribution in [3.8, 4) is 0 Å². The fraction of sp³-hybridized carbons (Fsp3) is 0.679. The highest BCUT2D eigenvalue weighted by Crippen LogP contribution is 2.76. The SMILES string of the molecule is CC(=O)OC1CCC2(C)C3CCC4(C)C(OC(=O)c5ccccc5)CCC4C3C3C(=O)OC32C1. The Balaban J connectivity index is 1.28. The van der Waals surface area contributed by atoms with Crippen molar-refractivity contribution < 1.29 is 28.6 Å². The predicted octanol–water partition coefficient (Wildman–Crippen LogP) is 4.70. The maximum absolute atomic E-state index is 13.0. The molecule has 6 heteroatoms. The minimum atomic E-state index is -0.526. The molecule has 1 heterocycles. The second kappa shape index (κ2) is 7.32. The zero-order chi connectivity index (χ0) is 23.9. The van der Waals surface area contributed by atoms with E-state index in [0.29, 0.717) is 23.8 Å². The molecule has 0 N–H and O–H groups in total. The number of fused-ring (bicyclic) bond motifs is 5. The molecule has 1 aliphatic heterocycles. The zero-order valence-corrected chi connectivity index (χ0v) is 20.3. The summed E-state index contributed by atoms with van der Waals surface area (Å²) < 4.78 is 17.8. The van der Waals surface area contributed by atoms with Gasteiger partial charge in [0.05, 0.1) is 5.56 Å². The number of hydrogen-bond donors (Lipinski definition) is 0. The Morgan fingerprint density at radius 1 is 0.971 bits per heavy atom. The van der Waals surface area contributed by atoms with Gasteiger partial charge < -0.3 is 14.2 Å². The summed E-state index contributed by atoms with van der Waals surface area (Å²) in [5.41, 5.74) is -0.169. The van der Waals surface area contributed by atoms with E-state index in [1.54, 1.807) is 12.1 Å². The van der Waals surface area contributed by atoms with Crippen molar-refractivity contribution in [3.05, 3.63) is 35.9 Å². The second-order valence-corrected chi connectivity index (χ2v) is 11.9. The molecule has 9 atom stereocenters. The van der Waals surface area contributed by atoms with Gasteiger partial charge in [-0.05, 0) is 68.4 Å². The van der Waals surface area contributed by atoms with Crippen LogP contribution in [0.3, 0.4) is 0 Å². The summed E-state index contributed by atoms with van der Waals surface area (Å²) >= 11 is 0. The first kappa shape index (κ1) is 22.1. The van der Waals surface area contributed by atoms with E-state index in [4.69, 9.17) is 14.2 Å². The van der Waals surface area contributed by atoms with Crippen LogP contribution in [0.2, 0.25) is 0 Å². The van der Waals surface area contributed by atoms with E-state index < -0.39 is 5.60 Å². The van der Waals surface area contributed by atoms with E-state index in [-0.39, 0.29) is 52.8 Å². The van der Waals surface area contributed by atoms with Gasteiger partial charge in [0.15, 0.2) is 0 Å². The molecule has 5 aliphatic rings. The molecule has 4 saturated carbocycles. The Hall–Kier alpha value is -2.37. The average molecular weight is 467 g/mol. The van der Waals surface area contributed by atoms with Crippen molar-refractivity contribution in [3.63, 3.8) is 0 Å². The van der Waals surface area contributed by atoms with Crippen LogP contribution in [0.1, 0.15) is 76.1 Å². The van der Waals surface area contributed by atoms with Crippen LogP contribution < -0.4 is 0 Å². The number of carbonyl (C=O) groups is 3. The minimum Gasteiger partial charge on any atom is -0.462 e. The van der Waals surface area contributed by atoms with Crippen molar-refractivity contribution in [2.24, 2.45) is 34.5 Å². The highest BCUT2D eigenvalue weighted by atomic mass is 16.6. The third-order valence-corrected chi connectivity index (χ3v) is 10.6. The van der Waals surface area contributed by atoms with Crippen molar-refractivity contribution in [1.82, 2.24) is 0 Å². The lowest BCUT2D eigenvalue weighted by atomic mass is 9.55. The third-order valence-electron chi connectivity index (χ3n) is 10.6. The predicted molar refractivity (Wildman–Crippen MR) is 123 cm³/mol. The average Bonchev–Trinajstić information content (AvgIpc) is 3.20. The minimum absolute atomic E-state index is 0.0869. The Bertz CT molecular complexity index is 1040. The summed E-state index contributed by atoms with van der Waals surface area (Å²) in [5, 5.41) is 0. The lowest BCUT2D eigenvalue weighted by Gasteiger charge is -2.57. The van der Waals surface area contributed by atoms with E-state index in [1.165, 1.54) is 6.92 Å². The number of ether oxygens (including phenoxy) is 3. The van der Waals surface area contributed by atoms with Crippen molar-refractivity contribution >= 4 is 17.9 Å². The van der Waals surface area contributed by atoms with Gasteiger partial charge in [-0.1, -0.05) is 32.0 Å². The largest absolute Gasteiger partial charge is 0.462 e. The van der Waals surface area contributed by atoms with Gasteiger partial charge in [0, 0.05) is 24.2 Å². The molecule has 5 fully saturated rings. The summed E-state index contributed by atoms with van der Waals surface area (Å²) in [5.74, 6) is 0.208. The fourth-order valence-corrected chi connectivity index (χ4v) is 9.05. The standard InChI is InChI=1S/C28H34O6/c1-16(29)32-18-11-14-27(3)20-12-13-26(2)19(22(20)23-25(31)34-28(23,27)15-18)9-10-21(26)33-24(30)17-7-5-4-6-8-17/h4-8,18-23H,9-15H2,1-3H3. The summed E-state index contributed by atoms with van der Waals surface area (Å²) in [6.07, 6.45) is 5.83. The van der Waals surface area contributed by atoms with Crippen LogP contribution in [0, 0.1) is 34.5 Å². The maximum Gasteiger partial charge on any atom is 0.338 e. The van der Waals surface area contributed by atoms with Crippen LogP contribution in [-0.2, 0) is 23.8 Å². The first-order valence-corrected chi connectivity index (χ1v) is 12.9. The number of benzene rings is 1. The summed E-state index contributed by atoms with van der Waals surface area (Å²) in [6, 6.07) is 9.19. The Morgan fingerprint density at radius 3 is 2.44 bits per heavy atom. The number of esters is 3.